The van der Waals surface area contributed by atoms with Crippen LogP contribution in [-0.2, 0) is 14.8 Å². The lowest BCUT2D eigenvalue weighted by molar-refractivity contribution is -0.110. The van der Waals surface area contributed by atoms with Crippen LogP contribution >= 0.6 is 12.2 Å². The van der Waals surface area contributed by atoms with Crippen LogP contribution < -0.4 is 21.3 Å². The summed E-state index contributed by atoms with van der Waals surface area (Å²) in [4.78, 5) is 9.98. The van der Waals surface area contributed by atoms with Crippen molar-refractivity contribution in [2.45, 2.75) is 4.90 Å². The molecule has 0 unspecified atom stereocenters. The van der Waals surface area contributed by atoms with Crippen molar-refractivity contribution in [3.05, 3.63) is 24.3 Å². The summed E-state index contributed by atoms with van der Waals surface area (Å²) in [6.45, 7) is 0. The number of anilines is 1. The molecule has 0 aliphatic carbocycles. The summed E-state index contributed by atoms with van der Waals surface area (Å²) >= 11 is 4.82. The van der Waals surface area contributed by atoms with Crippen LogP contribution in [0.4, 0.5) is 5.69 Å². The SMILES string of the molecule is NS(=O)(=O)c1ccc(NC(=S)NNC=O)cc1. The number of sulfonamides is 1. The number of benzene rings is 1. The Labute approximate surface area is 103 Å². The number of hydrazine groups is 1. The summed E-state index contributed by atoms with van der Waals surface area (Å²) in [5.41, 5.74) is 5.10. The third-order valence-electron chi connectivity index (χ3n) is 1.69. The average Bonchev–Trinajstić information content (AvgIpc) is 2.26. The van der Waals surface area contributed by atoms with Crippen LogP contribution in [0, 0.1) is 0 Å². The van der Waals surface area contributed by atoms with Crippen molar-refractivity contribution in [2.75, 3.05) is 5.32 Å². The van der Waals surface area contributed by atoms with Gasteiger partial charge in [0, 0.05) is 5.69 Å². The molecule has 0 aliphatic heterocycles. The van der Waals surface area contributed by atoms with E-state index in [1.54, 1.807) is 0 Å². The summed E-state index contributed by atoms with van der Waals surface area (Å²) in [6.07, 6.45) is 0.429. The van der Waals surface area contributed by atoms with Crippen molar-refractivity contribution in [1.29, 1.82) is 0 Å². The van der Waals surface area contributed by atoms with Gasteiger partial charge in [0.1, 0.15) is 0 Å². The van der Waals surface area contributed by atoms with Gasteiger partial charge in [0.2, 0.25) is 16.4 Å². The van der Waals surface area contributed by atoms with Crippen molar-refractivity contribution in [3.8, 4) is 0 Å². The lowest BCUT2D eigenvalue weighted by Crippen LogP contribution is -2.39. The number of rotatable bonds is 4. The molecular weight excluding hydrogens is 264 g/mol. The fourth-order valence-corrected chi connectivity index (χ4v) is 1.68. The van der Waals surface area contributed by atoms with E-state index >= 15 is 0 Å². The molecule has 0 fully saturated rings. The Morgan fingerprint density at radius 3 is 2.35 bits per heavy atom. The fourth-order valence-electron chi connectivity index (χ4n) is 0.985. The fraction of sp³-hybridized carbons (Fsp3) is 0. The van der Waals surface area contributed by atoms with Gasteiger partial charge >= 0.3 is 0 Å². The molecular formula is C8H10N4O3S2. The van der Waals surface area contributed by atoms with Crippen LogP contribution in [-0.4, -0.2) is 19.9 Å². The normalized spacial score (nSPS) is 10.4. The van der Waals surface area contributed by atoms with Gasteiger partial charge in [-0.3, -0.25) is 15.6 Å². The minimum absolute atomic E-state index is 0.00736. The van der Waals surface area contributed by atoms with Crippen LogP contribution in [0.25, 0.3) is 0 Å². The summed E-state index contributed by atoms with van der Waals surface area (Å²) in [6, 6.07) is 5.67. The van der Waals surface area contributed by atoms with E-state index in [0.29, 0.717) is 12.1 Å². The molecule has 7 nitrogen and oxygen atoms in total. The number of hydrogen-bond acceptors (Lipinski definition) is 4. The molecule has 1 rings (SSSR count). The number of amides is 1. The van der Waals surface area contributed by atoms with Crippen molar-refractivity contribution >= 4 is 39.5 Å². The Bertz CT molecular complexity index is 512. The number of carbonyl (C=O) groups excluding carboxylic acids is 1. The van der Waals surface area contributed by atoms with E-state index in [1.807, 2.05) is 0 Å². The molecule has 0 heterocycles. The zero-order chi connectivity index (χ0) is 12.9. The van der Waals surface area contributed by atoms with Crippen LogP contribution in [0.5, 0.6) is 0 Å². The Morgan fingerprint density at radius 1 is 1.29 bits per heavy atom. The van der Waals surface area contributed by atoms with Gasteiger partial charge in [-0.1, -0.05) is 0 Å². The summed E-state index contributed by atoms with van der Waals surface area (Å²) in [5, 5.41) is 7.82. The minimum atomic E-state index is -3.70. The van der Waals surface area contributed by atoms with Gasteiger partial charge in [0.15, 0.2) is 5.11 Å². The molecule has 1 aromatic rings. The van der Waals surface area contributed by atoms with Gasteiger partial charge in [-0.05, 0) is 36.5 Å². The number of carbonyl (C=O) groups is 1. The second-order valence-corrected chi connectivity index (χ2v) is 4.88. The van der Waals surface area contributed by atoms with E-state index in [1.165, 1.54) is 24.3 Å². The molecule has 0 radical (unpaired) electrons. The van der Waals surface area contributed by atoms with E-state index in [4.69, 9.17) is 17.4 Å². The van der Waals surface area contributed by atoms with Crippen molar-refractivity contribution < 1.29 is 13.2 Å². The predicted molar refractivity (Wildman–Crippen MR) is 66.4 cm³/mol. The highest BCUT2D eigenvalue weighted by Gasteiger charge is 2.06. The maximum Gasteiger partial charge on any atom is 0.238 e. The van der Waals surface area contributed by atoms with E-state index in [-0.39, 0.29) is 10.0 Å². The maximum absolute atomic E-state index is 11.0. The first-order valence-electron chi connectivity index (χ1n) is 4.32. The van der Waals surface area contributed by atoms with Crippen molar-refractivity contribution in [1.82, 2.24) is 10.9 Å². The Balaban J connectivity index is 2.69. The molecule has 0 atom stereocenters. The highest BCUT2D eigenvalue weighted by Crippen LogP contribution is 2.12. The summed E-state index contributed by atoms with van der Waals surface area (Å²) in [7, 11) is -3.70. The van der Waals surface area contributed by atoms with Gasteiger partial charge in [-0.15, -0.1) is 0 Å². The Hall–Kier alpha value is -1.71. The van der Waals surface area contributed by atoms with Gasteiger partial charge in [-0.2, -0.15) is 0 Å². The van der Waals surface area contributed by atoms with E-state index in [9.17, 15) is 13.2 Å². The molecule has 0 saturated heterocycles. The number of primary sulfonamides is 1. The zero-order valence-electron chi connectivity index (χ0n) is 8.51. The molecule has 1 aromatic carbocycles. The quantitative estimate of drug-likeness (QED) is 0.327. The van der Waals surface area contributed by atoms with Crippen molar-refractivity contribution in [3.63, 3.8) is 0 Å². The predicted octanol–water partition coefficient (Wildman–Crippen LogP) is -0.719. The molecule has 17 heavy (non-hydrogen) atoms. The number of thiocarbonyl (C=S) groups is 1. The van der Waals surface area contributed by atoms with Crippen LogP contribution in [0.1, 0.15) is 0 Å². The van der Waals surface area contributed by atoms with E-state index < -0.39 is 10.0 Å². The summed E-state index contributed by atoms with van der Waals surface area (Å²) < 4.78 is 22.0. The standard InChI is InChI=1S/C8H10N4O3S2/c9-17(14,15)7-3-1-6(2-4-7)11-8(16)12-10-5-13/h1-5H,(H,10,13)(H2,9,14,15)(H2,11,12,16). The topological polar surface area (TPSA) is 113 Å². The molecule has 0 aliphatic rings. The van der Waals surface area contributed by atoms with Crippen LogP contribution in [0.3, 0.4) is 0 Å². The van der Waals surface area contributed by atoms with E-state index in [2.05, 4.69) is 16.2 Å². The largest absolute Gasteiger partial charge is 0.331 e. The minimum Gasteiger partial charge on any atom is -0.331 e. The van der Waals surface area contributed by atoms with Crippen LogP contribution in [0.15, 0.2) is 29.2 Å². The molecule has 0 bridgehead atoms. The van der Waals surface area contributed by atoms with Gasteiger partial charge in [0.05, 0.1) is 4.90 Å². The summed E-state index contributed by atoms with van der Waals surface area (Å²) in [5.74, 6) is 0. The first kappa shape index (κ1) is 13.4. The first-order valence-corrected chi connectivity index (χ1v) is 6.28. The second-order valence-electron chi connectivity index (χ2n) is 2.91. The molecule has 92 valence electrons. The van der Waals surface area contributed by atoms with Crippen LogP contribution in [0.2, 0.25) is 0 Å². The number of nitrogens with two attached hydrogens (primary N) is 1. The average molecular weight is 274 g/mol. The maximum atomic E-state index is 11.0. The second kappa shape index (κ2) is 5.57. The molecule has 0 saturated carbocycles. The molecule has 9 heteroatoms. The van der Waals surface area contributed by atoms with Gasteiger partial charge in [0.25, 0.3) is 0 Å². The monoisotopic (exact) mass is 274 g/mol. The lowest BCUT2D eigenvalue weighted by Gasteiger charge is -2.09. The highest BCUT2D eigenvalue weighted by molar-refractivity contribution is 7.89. The molecule has 0 spiro atoms. The highest BCUT2D eigenvalue weighted by atomic mass is 32.2. The molecule has 0 aromatic heterocycles. The zero-order valence-corrected chi connectivity index (χ0v) is 10.1. The van der Waals surface area contributed by atoms with Gasteiger partial charge < -0.3 is 5.32 Å². The number of hydrogen-bond donors (Lipinski definition) is 4. The number of nitrogens with one attached hydrogen (secondary N) is 3. The third kappa shape index (κ3) is 4.34. The molecule has 1 amide bonds. The Kier molecular flexibility index (Phi) is 4.37. The third-order valence-corrected chi connectivity index (χ3v) is 2.82. The Morgan fingerprint density at radius 2 is 1.88 bits per heavy atom. The molecule has 5 N–H and O–H groups in total. The van der Waals surface area contributed by atoms with E-state index in [0.717, 1.165) is 0 Å². The van der Waals surface area contributed by atoms with Gasteiger partial charge in [-0.25, -0.2) is 13.6 Å². The first-order chi connectivity index (χ1) is 7.93. The lowest BCUT2D eigenvalue weighted by atomic mass is 10.3. The van der Waals surface area contributed by atoms with Crippen molar-refractivity contribution in [2.24, 2.45) is 5.14 Å². The smallest absolute Gasteiger partial charge is 0.238 e.